The second kappa shape index (κ2) is 6.40. The van der Waals surface area contributed by atoms with Crippen LogP contribution in [-0.4, -0.2) is 16.7 Å². The molecule has 4 heteroatoms. The number of hydrazone groups is 1. The van der Waals surface area contributed by atoms with Crippen LogP contribution < -0.4 is 5.43 Å². The van der Waals surface area contributed by atoms with Gasteiger partial charge in [0.15, 0.2) is 0 Å². The van der Waals surface area contributed by atoms with E-state index in [-0.39, 0.29) is 11.3 Å². The molecule has 0 atom stereocenters. The number of nitrogens with one attached hydrogen (secondary N) is 1. The van der Waals surface area contributed by atoms with Crippen LogP contribution in [0.1, 0.15) is 34.3 Å². The number of aromatic hydroxyl groups is 1. The fourth-order valence-corrected chi connectivity index (χ4v) is 3.39. The van der Waals surface area contributed by atoms with Crippen molar-refractivity contribution in [2.45, 2.75) is 19.3 Å². The number of hydrogen-bond acceptors (Lipinski definition) is 3. The first-order chi connectivity index (χ1) is 12.2. The van der Waals surface area contributed by atoms with Crippen LogP contribution in [0.3, 0.4) is 0 Å². The van der Waals surface area contributed by atoms with Crippen molar-refractivity contribution < 1.29 is 9.90 Å². The van der Waals surface area contributed by atoms with Gasteiger partial charge in [-0.05, 0) is 41.7 Å². The molecular weight excluding hydrogens is 312 g/mol. The molecule has 0 fully saturated rings. The number of aryl methyl sites for hydroxylation is 1. The van der Waals surface area contributed by atoms with Gasteiger partial charge in [-0.1, -0.05) is 54.6 Å². The average Bonchev–Trinajstić information content (AvgIpc) is 2.66. The van der Waals surface area contributed by atoms with E-state index in [1.54, 1.807) is 12.1 Å². The number of phenols is 1. The lowest BCUT2D eigenvalue weighted by Gasteiger charge is -2.17. The molecule has 0 radical (unpaired) electrons. The maximum absolute atomic E-state index is 12.7. The fraction of sp³-hybridized carbons (Fsp3) is 0.143. The van der Waals surface area contributed by atoms with E-state index >= 15 is 0 Å². The Morgan fingerprint density at radius 2 is 1.76 bits per heavy atom. The molecule has 1 aliphatic rings. The number of hydrogen-bond donors (Lipinski definition) is 2. The monoisotopic (exact) mass is 330 g/mol. The number of nitrogens with zero attached hydrogens (tertiary/aromatic N) is 1. The van der Waals surface area contributed by atoms with Gasteiger partial charge in [-0.25, -0.2) is 5.43 Å². The predicted molar refractivity (Wildman–Crippen MR) is 99.0 cm³/mol. The standard InChI is InChI=1S/C21H18N2O2/c24-19-13-12-15-7-2-4-10-17(15)20(19)21(25)23-22-18-11-5-8-14-6-1-3-9-16(14)18/h1-4,6-7,9-10,12-13,24H,5,8,11H2,(H,23,25)/b22-18-. The van der Waals surface area contributed by atoms with Gasteiger partial charge in [-0.3, -0.25) is 4.79 Å². The van der Waals surface area contributed by atoms with E-state index in [1.807, 2.05) is 42.5 Å². The Kier molecular flexibility index (Phi) is 3.94. The molecule has 0 saturated heterocycles. The maximum atomic E-state index is 12.7. The molecule has 1 aliphatic carbocycles. The number of rotatable bonds is 2. The lowest BCUT2D eigenvalue weighted by atomic mass is 9.90. The van der Waals surface area contributed by atoms with E-state index in [0.29, 0.717) is 5.39 Å². The highest BCUT2D eigenvalue weighted by atomic mass is 16.3. The van der Waals surface area contributed by atoms with Crippen molar-refractivity contribution in [3.05, 3.63) is 77.4 Å². The summed E-state index contributed by atoms with van der Waals surface area (Å²) >= 11 is 0. The molecule has 4 nitrogen and oxygen atoms in total. The summed E-state index contributed by atoms with van der Waals surface area (Å²) in [5.74, 6) is -0.440. The Morgan fingerprint density at radius 1 is 0.960 bits per heavy atom. The van der Waals surface area contributed by atoms with Gasteiger partial charge in [0.1, 0.15) is 5.75 Å². The van der Waals surface area contributed by atoms with E-state index < -0.39 is 5.91 Å². The summed E-state index contributed by atoms with van der Waals surface area (Å²) in [4.78, 5) is 12.7. The molecule has 0 spiro atoms. The fourth-order valence-electron chi connectivity index (χ4n) is 3.39. The molecule has 4 rings (SSSR count). The number of carbonyl (C=O) groups is 1. The molecule has 0 heterocycles. The molecule has 124 valence electrons. The van der Waals surface area contributed by atoms with Crippen LogP contribution in [0.5, 0.6) is 5.75 Å². The average molecular weight is 330 g/mol. The van der Waals surface area contributed by atoms with Crippen molar-refractivity contribution in [3.8, 4) is 5.75 Å². The summed E-state index contributed by atoms with van der Waals surface area (Å²) in [5.41, 5.74) is 6.12. The summed E-state index contributed by atoms with van der Waals surface area (Å²) in [6, 6.07) is 19.0. The lowest BCUT2D eigenvalue weighted by molar-refractivity contribution is 0.0954. The summed E-state index contributed by atoms with van der Waals surface area (Å²) < 4.78 is 0. The summed E-state index contributed by atoms with van der Waals surface area (Å²) in [5, 5.41) is 16.1. The molecule has 0 aliphatic heterocycles. The van der Waals surface area contributed by atoms with Crippen molar-refractivity contribution in [2.75, 3.05) is 0 Å². The lowest BCUT2D eigenvalue weighted by Crippen LogP contribution is -2.22. The molecule has 0 saturated carbocycles. The van der Waals surface area contributed by atoms with Gasteiger partial charge < -0.3 is 5.11 Å². The van der Waals surface area contributed by atoms with E-state index in [0.717, 1.165) is 35.9 Å². The Bertz CT molecular complexity index is 992. The Balaban J connectivity index is 1.67. The molecular formula is C21H18N2O2. The Labute approximate surface area is 145 Å². The molecule has 3 aromatic rings. The van der Waals surface area contributed by atoms with E-state index in [4.69, 9.17) is 0 Å². The zero-order chi connectivity index (χ0) is 17.2. The Morgan fingerprint density at radius 3 is 2.68 bits per heavy atom. The van der Waals surface area contributed by atoms with Crippen LogP contribution in [0.25, 0.3) is 10.8 Å². The van der Waals surface area contributed by atoms with Crippen molar-refractivity contribution in [1.82, 2.24) is 5.43 Å². The largest absolute Gasteiger partial charge is 0.507 e. The predicted octanol–water partition coefficient (Wildman–Crippen LogP) is 4.02. The number of phenolic OH excluding ortho intramolecular Hbond substituents is 1. The zero-order valence-corrected chi connectivity index (χ0v) is 13.7. The molecule has 3 aromatic carbocycles. The topological polar surface area (TPSA) is 61.7 Å². The minimum Gasteiger partial charge on any atom is -0.507 e. The quantitative estimate of drug-likeness (QED) is 0.697. The number of carbonyl (C=O) groups excluding carboxylic acids is 1. The van der Waals surface area contributed by atoms with Crippen molar-refractivity contribution >= 4 is 22.4 Å². The summed E-state index contributed by atoms with van der Waals surface area (Å²) in [7, 11) is 0. The van der Waals surface area contributed by atoms with Crippen molar-refractivity contribution in [1.29, 1.82) is 0 Å². The van der Waals surface area contributed by atoms with Gasteiger partial charge in [-0.2, -0.15) is 5.10 Å². The smallest absolute Gasteiger partial charge is 0.275 e. The van der Waals surface area contributed by atoms with Crippen LogP contribution in [-0.2, 0) is 6.42 Å². The minimum atomic E-state index is -0.398. The van der Waals surface area contributed by atoms with Gasteiger partial charge in [0, 0.05) is 5.56 Å². The first-order valence-corrected chi connectivity index (χ1v) is 8.40. The van der Waals surface area contributed by atoms with Crippen LogP contribution in [0.15, 0.2) is 65.8 Å². The third-order valence-corrected chi connectivity index (χ3v) is 4.61. The highest BCUT2D eigenvalue weighted by Gasteiger charge is 2.17. The summed E-state index contributed by atoms with van der Waals surface area (Å²) in [6.07, 6.45) is 2.89. The third-order valence-electron chi connectivity index (χ3n) is 4.61. The van der Waals surface area contributed by atoms with Gasteiger partial charge in [-0.15, -0.1) is 0 Å². The summed E-state index contributed by atoms with van der Waals surface area (Å²) in [6.45, 7) is 0. The number of benzene rings is 3. The first kappa shape index (κ1) is 15.4. The maximum Gasteiger partial charge on any atom is 0.275 e. The zero-order valence-electron chi connectivity index (χ0n) is 13.7. The van der Waals surface area contributed by atoms with Crippen molar-refractivity contribution in [2.24, 2.45) is 5.10 Å². The molecule has 25 heavy (non-hydrogen) atoms. The molecule has 1 amide bonds. The molecule has 0 bridgehead atoms. The number of amides is 1. The van der Waals surface area contributed by atoms with Crippen LogP contribution in [0, 0.1) is 0 Å². The second-order valence-corrected chi connectivity index (χ2v) is 6.19. The first-order valence-electron chi connectivity index (χ1n) is 8.40. The Hall–Kier alpha value is -3.14. The highest BCUT2D eigenvalue weighted by Crippen LogP contribution is 2.27. The minimum absolute atomic E-state index is 0.0413. The SMILES string of the molecule is O=C(N/N=C1/CCCc2ccccc21)c1c(O)ccc2ccccc12. The van der Waals surface area contributed by atoms with Gasteiger partial charge >= 0.3 is 0 Å². The van der Waals surface area contributed by atoms with E-state index in [2.05, 4.69) is 16.6 Å². The van der Waals surface area contributed by atoms with E-state index in [9.17, 15) is 9.90 Å². The molecule has 0 aromatic heterocycles. The van der Waals surface area contributed by atoms with E-state index in [1.165, 1.54) is 5.56 Å². The van der Waals surface area contributed by atoms with Crippen LogP contribution >= 0.6 is 0 Å². The van der Waals surface area contributed by atoms with Crippen LogP contribution in [0.2, 0.25) is 0 Å². The normalized spacial score (nSPS) is 15.1. The van der Waals surface area contributed by atoms with Crippen molar-refractivity contribution in [3.63, 3.8) is 0 Å². The van der Waals surface area contributed by atoms with Gasteiger partial charge in [0.2, 0.25) is 0 Å². The molecule has 2 N–H and O–H groups in total. The van der Waals surface area contributed by atoms with Gasteiger partial charge in [0.25, 0.3) is 5.91 Å². The molecule has 0 unspecified atom stereocenters. The second-order valence-electron chi connectivity index (χ2n) is 6.19. The number of fused-ring (bicyclic) bond motifs is 2. The third kappa shape index (κ3) is 2.87. The highest BCUT2D eigenvalue weighted by molar-refractivity contribution is 6.10. The van der Waals surface area contributed by atoms with Gasteiger partial charge in [0.05, 0.1) is 11.3 Å². The van der Waals surface area contributed by atoms with Crippen LogP contribution in [0.4, 0.5) is 0 Å².